The van der Waals surface area contributed by atoms with Gasteiger partial charge in [0.15, 0.2) is 5.82 Å². The number of carboxylic acid groups (broad SMARTS) is 1. The molecule has 1 aliphatic carbocycles. The van der Waals surface area contributed by atoms with E-state index in [2.05, 4.69) is 15.5 Å². The Kier molecular flexibility index (Phi) is 3.04. The predicted octanol–water partition coefficient (Wildman–Crippen LogP) is 2.69. The van der Waals surface area contributed by atoms with Crippen LogP contribution in [0.5, 0.6) is 0 Å². The van der Waals surface area contributed by atoms with Crippen LogP contribution in [-0.4, -0.2) is 27.3 Å². The van der Waals surface area contributed by atoms with E-state index in [1.807, 2.05) is 24.3 Å². The molecule has 1 saturated carbocycles. The molecule has 2 N–H and O–H groups in total. The maximum Gasteiger partial charge on any atom is 0.311 e. The summed E-state index contributed by atoms with van der Waals surface area (Å²) in [5.41, 5.74) is -0.737. The van der Waals surface area contributed by atoms with Gasteiger partial charge in [-0.1, -0.05) is 30.7 Å². The van der Waals surface area contributed by atoms with Gasteiger partial charge in [-0.2, -0.15) is 5.10 Å². The quantitative estimate of drug-likeness (QED) is 0.897. The number of nitrogens with one attached hydrogen (secondary N) is 1. The van der Waals surface area contributed by atoms with Crippen molar-refractivity contribution >= 4 is 22.6 Å². The van der Waals surface area contributed by atoms with Gasteiger partial charge in [0.2, 0.25) is 0 Å². The Morgan fingerprint density at radius 3 is 3.05 bits per heavy atom. The lowest BCUT2D eigenvalue weighted by Gasteiger charge is -2.28. The van der Waals surface area contributed by atoms with E-state index < -0.39 is 11.4 Å². The lowest BCUT2D eigenvalue weighted by atomic mass is 9.85. The minimum Gasteiger partial charge on any atom is -0.481 e. The molecule has 0 bridgehead atoms. The molecule has 2 unspecified atom stereocenters. The van der Waals surface area contributed by atoms with Crippen LogP contribution in [0.4, 0.5) is 5.82 Å². The van der Waals surface area contributed by atoms with Crippen LogP contribution in [0.1, 0.15) is 26.2 Å². The molecule has 5 nitrogen and oxygen atoms in total. The van der Waals surface area contributed by atoms with Crippen molar-refractivity contribution in [2.75, 3.05) is 5.32 Å². The first-order chi connectivity index (χ1) is 9.61. The number of carboxylic acids is 1. The zero-order valence-electron chi connectivity index (χ0n) is 11.3. The summed E-state index contributed by atoms with van der Waals surface area (Å²) in [5.74, 6) is -0.0804. The minimum atomic E-state index is -0.749. The molecule has 2 aromatic rings. The van der Waals surface area contributed by atoms with Crippen LogP contribution in [0.25, 0.3) is 10.8 Å². The van der Waals surface area contributed by atoms with Crippen LogP contribution >= 0.6 is 0 Å². The topological polar surface area (TPSA) is 75.1 Å². The second kappa shape index (κ2) is 4.74. The molecule has 104 valence electrons. The van der Waals surface area contributed by atoms with Gasteiger partial charge in [0.25, 0.3) is 0 Å². The number of fused-ring (bicyclic) bond motifs is 1. The zero-order chi connectivity index (χ0) is 14.2. The summed E-state index contributed by atoms with van der Waals surface area (Å²) in [4.78, 5) is 11.5. The highest BCUT2D eigenvalue weighted by molar-refractivity contribution is 5.91. The second-order valence-electron chi connectivity index (χ2n) is 5.59. The average Bonchev–Trinajstić information content (AvgIpc) is 2.82. The fourth-order valence-electron chi connectivity index (χ4n) is 2.95. The fourth-order valence-corrected chi connectivity index (χ4v) is 2.95. The van der Waals surface area contributed by atoms with E-state index in [9.17, 15) is 9.90 Å². The summed E-state index contributed by atoms with van der Waals surface area (Å²) in [6.45, 7) is 1.80. The Morgan fingerprint density at radius 1 is 1.45 bits per heavy atom. The Bertz CT molecular complexity index is 653. The number of aliphatic carboxylic acids is 1. The molecule has 1 aromatic carbocycles. The number of carbonyl (C=O) groups is 1. The number of hydrogen-bond acceptors (Lipinski definition) is 4. The number of rotatable bonds is 3. The first-order valence-corrected chi connectivity index (χ1v) is 6.81. The highest BCUT2D eigenvalue weighted by atomic mass is 16.4. The standard InChI is InChI=1S/C15H17N3O2/c1-15(14(19)20)8-4-7-12(15)17-13-11-6-3-2-5-10(11)9-16-18-13/h2-3,5-6,9,12H,4,7-8H2,1H3,(H,17,18)(H,19,20). The molecule has 0 aliphatic heterocycles. The van der Waals surface area contributed by atoms with Crippen molar-refractivity contribution in [2.45, 2.75) is 32.2 Å². The molecule has 20 heavy (non-hydrogen) atoms. The lowest BCUT2D eigenvalue weighted by molar-refractivity contribution is -0.147. The van der Waals surface area contributed by atoms with Crippen LogP contribution < -0.4 is 5.32 Å². The molecule has 1 fully saturated rings. The fraction of sp³-hybridized carbons (Fsp3) is 0.400. The SMILES string of the molecule is CC1(C(=O)O)CCCC1Nc1nncc2ccccc12. The molecule has 1 heterocycles. The first-order valence-electron chi connectivity index (χ1n) is 6.81. The molecule has 5 heteroatoms. The normalized spacial score (nSPS) is 25.8. The van der Waals surface area contributed by atoms with Crippen molar-refractivity contribution in [3.8, 4) is 0 Å². The van der Waals surface area contributed by atoms with Gasteiger partial charge < -0.3 is 10.4 Å². The average molecular weight is 271 g/mol. The van der Waals surface area contributed by atoms with E-state index in [0.717, 1.165) is 23.6 Å². The van der Waals surface area contributed by atoms with Gasteiger partial charge in [-0.3, -0.25) is 4.79 Å². The summed E-state index contributed by atoms with van der Waals surface area (Å²) in [6, 6.07) is 7.73. The number of aromatic nitrogens is 2. The van der Waals surface area contributed by atoms with Gasteiger partial charge in [0.05, 0.1) is 11.6 Å². The van der Waals surface area contributed by atoms with Gasteiger partial charge in [0, 0.05) is 16.8 Å². The van der Waals surface area contributed by atoms with Gasteiger partial charge in [-0.15, -0.1) is 5.10 Å². The summed E-state index contributed by atoms with van der Waals surface area (Å²) in [5, 5.41) is 22.9. The van der Waals surface area contributed by atoms with Crippen molar-refractivity contribution in [3.63, 3.8) is 0 Å². The molecule has 0 radical (unpaired) electrons. The summed E-state index contributed by atoms with van der Waals surface area (Å²) < 4.78 is 0. The predicted molar refractivity (Wildman–Crippen MR) is 76.5 cm³/mol. The van der Waals surface area contributed by atoms with Gasteiger partial charge in [-0.25, -0.2) is 0 Å². The van der Waals surface area contributed by atoms with Crippen molar-refractivity contribution in [2.24, 2.45) is 5.41 Å². The third kappa shape index (κ3) is 1.99. The van der Waals surface area contributed by atoms with E-state index in [1.54, 1.807) is 13.1 Å². The van der Waals surface area contributed by atoms with E-state index in [0.29, 0.717) is 12.2 Å². The number of nitrogens with zero attached hydrogens (tertiary/aromatic N) is 2. The molecular formula is C15H17N3O2. The lowest BCUT2D eigenvalue weighted by Crippen LogP contribution is -2.40. The van der Waals surface area contributed by atoms with E-state index in [4.69, 9.17) is 0 Å². The number of benzene rings is 1. The third-order valence-electron chi connectivity index (χ3n) is 4.33. The van der Waals surface area contributed by atoms with Crippen LogP contribution in [0.3, 0.4) is 0 Å². The summed E-state index contributed by atoms with van der Waals surface area (Å²) in [6.07, 6.45) is 4.16. The second-order valence-corrected chi connectivity index (χ2v) is 5.59. The van der Waals surface area contributed by atoms with E-state index in [-0.39, 0.29) is 6.04 Å². The van der Waals surface area contributed by atoms with Crippen molar-refractivity contribution in [1.82, 2.24) is 10.2 Å². The maximum atomic E-state index is 11.5. The smallest absolute Gasteiger partial charge is 0.311 e. The Labute approximate surface area is 117 Å². The monoisotopic (exact) mass is 271 g/mol. The highest BCUT2D eigenvalue weighted by Crippen LogP contribution is 2.40. The van der Waals surface area contributed by atoms with Gasteiger partial charge in [-0.05, 0) is 19.8 Å². The van der Waals surface area contributed by atoms with Crippen molar-refractivity contribution in [1.29, 1.82) is 0 Å². The molecule has 0 saturated heterocycles. The first kappa shape index (κ1) is 12.8. The van der Waals surface area contributed by atoms with Crippen molar-refractivity contribution in [3.05, 3.63) is 30.5 Å². The van der Waals surface area contributed by atoms with Crippen LogP contribution in [0.2, 0.25) is 0 Å². The van der Waals surface area contributed by atoms with Gasteiger partial charge in [0.1, 0.15) is 0 Å². The van der Waals surface area contributed by atoms with E-state index >= 15 is 0 Å². The molecular weight excluding hydrogens is 254 g/mol. The molecule has 0 amide bonds. The molecule has 0 spiro atoms. The maximum absolute atomic E-state index is 11.5. The van der Waals surface area contributed by atoms with Crippen molar-refractivity contribution < 1.29 is 9.90 Å². The molecule has 3 rings (SSSR count). The summed E-state index contributed by atoms with van der Waals surface area (Å²) >= 11 is 0. The Hall–Kier alpha value is -2.17. The van der Waals surface area contributed by atoms with E-state index in [1.165, 1.54) is 0 Å². The van der Waals surface area contributed by atoms with Crippen LogP contribution in [0.15, 0.2) is 30.5 Å². The third-order valence-corrected chi connectivity index (χ3v) is 4.33. The Morgan fingerprint density at radius 2 is 2.25 bits per heavy atom. The van der Waals surface area contributed by atoms with Crippen LogP contribution in [-0.2, 0) is 4.79 Å². The minimum absolute atomic E-state index is 0.111. The van der Waals surface area contributed by atoms with Crippen LogP contribution in [0, 0.1) is 5.41 Å². The highest BCUT2D eigenvalue weighted by Gasteiger charge is 2.45. The zero-order valence-corrected chi connectivity index (χ0v) is 11.3. The Balaban J connectivity index is 1.96. The number of anilines is 1. The number of hydrogen-bond donors (Lipinski definition) is 2. The molecule has 2 atom stereocenters. The summed E-state index contributed by atoms with van der Waals surface area (Å²) in [7, 11) is 0. The van der Waals surface area contributed by atoms with Gasteiger partial charge >= 0.3 is 5.97 Å². The molecule has 1 aliphatic rings. The molecule has 1 aromatic heterocycles. The largest absolute Gasteiger partial charge is 0.481 e.